The number of hydrogen-bond acceptors (Lipinski definition) is 4. The van der Waals surface area contributed by atoms with E-state index in [1.807, 2.05) is 59.5 Å². The molecule has 0 unspecified atom stereocenters. The molecule has 3 aromatic carbocycles. The van der Waals surface area contributed by atoms with E-state index in [2.05, 4.69) is 41.4 Å². The van der Waals surface area contributed by atoms with Gasteiger partial charge in [-0.3, -0.25) is 9.59 Å². The molecular weight excluding hydrogens is 490 g/mol. The molecule has 0 spiro atoms. The number of anilines is 1. The van der Waals surface area contributed by atoms with E-state index in [9.17, 15) is 9.59 Å². The number of benzene rings is 3. The number of carbonyl (C=O) groups excluding carboxylic acids is 2. The number of likely N-dealkylation sites (tertiary alicyclic amines) is 1. The number of amides is 2. The minimum Gasteiger partial charge on any atom is -0.351 e. The third-order valence-electron chi connectivity index (χ3n) is 7.14. The molecule has 2 aliphatic heterocycles. The van der Waals surface area contributed by atoms with E-state index in [1.54, 1.807) is 0 Å². The van der Waals surface area contributed by atoms with Crippen LogP contribution in [-0.2, 0) is 11.3 Å². The van der Waals surface area contributed by atoms with Crippen molar-refractivity contribution in [3.8, 4) is 0 Å². The van der Waals surface area contributed by atoms with Crippen molar-refractivity contribution in [2.75, 3.05) is 31.1 Å². The molecular formula is C32H35N3O2S. The van der Waals surface area contributed by atoms with Crippen LogP contribution in [0.1, 0.15) is 52.7 Å². The number of carbonyl (C=O) groups is 2. The number of thioether (sulfide) groups is 1. The van der Waals surface area contributed by atoms with E-state index >= 15 is 0 Å². The van der Waals surface area contributed by atoms with Gasteiger partial charge in [-0.05, 0) is 74.3 Å². The Morgan fingerprint density at radius 3 is 2.47 bits per heavy atom. The van der Waals surface area contributed by atoms with Gasteiger partial charge in [0.05, 0.1) is 17.1 Å². The molecule has 2 amide bonds. The molecule has 38 heavy (non-hydrogen) atoms. The topological polar surface area (TPSA) is 52.7 Å². The van der Waals surface area contributed by atoms with Crippen LogP contribution < -0.4 is 10.2 Å². The number of para-hydroxylation sites is 1. The Hall–Kier alpha value is -3.35. The molecule has 196 valence electrons. The van der Waals surface area contributed by atoms with Crippen LogP contribution in [0, 0.1) is 6.92 Å². The third-order valence-corrected chi connectivity index (χ3v) is 8.22. The highest BCUT2D eigenvalue weighted by Crippen LogP contribution is 2.42. The third kappa shape index (κ3) is 6.55. The molecule has 0 bridgehead atoms. The quantitative estimate of drug-likeness (QED) is 0.369. The van der Waals surface area contributed by atoms with Crippen LogP contribution in [0.15, 0.2) is 82.6 Å². The van der Waals surface area contributed by atoms with E-state index < -0.39 is 0 Å². The fourth-order valence-corrected chi connectivity index (χ4v) is 6.14. The van der Waals surface area contributed by atoms with Crippen LogP contribution >= 0.6 is 11.8 Å². The largest absolute Gasteiger partial charge is 0.351 e. The molecule has 1 fully saturated rings. The Kier molecular flexibility index (Phi) is 8.61. The average Bonchev–Trinajstić information content (AvgIpc) is 3.20. The van der Waals surface area contributed by atoms with Crippen molar-refractivity contribution in [3.05, 3.63) is 100.0 Å². The Bertz CT molecular complexity index is 1310. The SMILES string of the molecule is Cc1cccc(CN2C(=O)/C(=C/c3ccc(C(=O)NCCN4CCCCCC4)cc3)Sc3ccccc32)c1. The van der Waals surface area contributed by atoms with Crippen molar-refractivity contribution >= 4 is 35.3 Å². The molecule has 0 saturated carbocycles. The second kappa shape index (κ2) is 12.5. The van der Waals surface area contributed by atoms with Crippen LogP contribution in [0.5, 0.6) is 0 Å². The highest BCUT2D eigenvalue weighted by atomic mass is 32.2. The zero-order valence-corrected chi connectivity index (χ0v) is 22.8. The summed E-state index contributed by atoms with van der Waals surface area (Å²) >= 11 is 1.50. The van der Waals surface area contributed by atoms with Crippen molar-refractivity contribution in [1.82, 2.24) is 10.2 Å². The van der Waals surface area contributed by atoms with E-state index in [-0.39, 0.29) is 11.8 Å². The van der Waals surface area contributed by atoms with Gasteiger partial charge in [-0.25, -0.2) is 0 Å². The van der Waals surface area contributed by atoms with E-state index in [1.165, 1.54) is 43.0 Å². The number of rotatable bonds is 7. The molecule has 5 nitrogen and oxygen atoms in total. The number of nitrogens with zero attached hydrogens (tertiary/aromatic N) is 2. The number of aryl methyl sites for hydroxylation is 1. The van der Waals surface area contributed by atoms with E-state index in [4.69, 9.17) is 0 Å². The Balaban J connectivity index is 1.26. The van der Waals surface area contributed by atoms with Gasteiger partial charge in [0.1, 0.15) is 0 Å². The maximum Gasteiger partial charge on any atom is 0.265 e. The lowest BCUT2D eigenvalue weighted by Gasteiger charge is -2.30. The van der Waals surface area contributed by atoms with Gasteiger partial charge in [0.15, 0.2) is 0 Å². The molecule has 0 atom stereocenters. The summed E-state index contributed by atoms with van der Waals surface area (Å²) in [5.41, 5.74) is 4.75. The highest BCUT2D eigenvalue weighted by molar-refractivity contribution is 8.04. The Morgan fingerprint density at radius 1 is 0.947 bits per heavy atom. The number of hydrogen-bond donors (Lipinski definition) is 1. The minimum absolute atomic E-state index is 0.00876. The van der Waals surface area contributed by atoms with Crippen LogP contribution in [0.25, 0.3) is 6.08 Å². The van der Waals surface area contributed by atoms with Crippen molar-refractivity contribution in [2.24, 2.45) is 0 Å². The molecule has 2 heterocycles. The van der Waals surface area contributed by atoms with E-state index in [0.717, 1.165) is 41.3 Å². The lowest BCUT2D eigenvalue weighted by atomic mass is 10.1. The van der Waals surface area contributed by atoms with Crippen LogP contribution in [0.3, 0.4) is 0 Å². The van der Waals surface area contributed by atoms with Crippen molar-refractivity contribution in [1.29, 1.82) is 0 Å². The number of fused-ring (bicyclic) bond motifs is 1. The van der Waals surface area contributed by atoms with Gasteiger partial charge >= 0.3 is 0 Å². The molecule has 0 radical (unpaired) electrons. The first kappa shape index (κ1) is 26.3. The predicted molar refractivity (Wildman–Crippen MR) is 156 cm³/mol. The fraction of sp³-hybridized carbons (Fsp3) is 0.312. The highest BCUT2D eigenvalue weighted by Gasteiger charge is 2.29. The molecule has 6 heteroatoms. The molecule has 1 saturated heterocycles. The van der Waals surface area contributed by atoms with Crippen molar-refractivity contribution < 1.29 is 9.59 Å². The molecule has 1 N–H and O–H groups in total. The fourth-order valence-electron chi connectivity index (χ4n) is 5.08. The summed E-state index contributed by atoms with van der Waals surface area (Å²) in [6, 6.07) is 23.8. The van der Waals surface area contributed by atoms with Gasteiger partial charge < -0.3 is 15.1 Å². The zero-order valence-electron chi connectivity index (χ0n) is 22.0. The minimum atomic E-state index is -0.0552. The summed E-state index contributed by atoms with van der Waals surface area (Å²) in [6.07, 6.45) is 7.05. The van der Waals surface area contributed by atoms with E-state index in [0.29, 0.717) is 23.6 Å². The van der Waals surface area contributed by atoms with Crippen LogP contribution in [0.2, 0.25) is 0 Å². The normalized spacial score (nSPS) is 17.2. The first-order chi connectivity index (χ1) is 18.6. The first-order valence-electron chi connectivity index (χ1n) is 13.5. The maximum absolute atomic E-state index is 13.6. The Labute approximate surface area is 229 Å². The Morgan fingerprint density at radius 2 is 1.71 bits per heavy atom. The van der Waals surface area contributed by atoms with Gasteiger partial charge in [-0.15, -0.1) is 0 Å². The summed E-state index contributed by atoms with van der Waals surface area (Å²) in [5.74, 6) is -0.0639. The molecule has 0 aromatic heterocycles. The second-order valence-corrected chi connectivity index (χ2v) is 11.2. The lowest BCUT2D eigenvalue weighted by molar-refractivity contribution is -0.114. The van der Waals surface area contributed by atoms with Gasteiger partial charge in [0, 0.05) is 23.5 Å². The molecule has 0 aliphatic carbocycles. The molecule has 2 aliphatic rings. The maximum atomic E-state index is 13.6. The van der Waals surface area contributed by atoms with Gasteiger partial charge in [-0.2, -0.15) is 0 Å². The van der Waals surface area contributed by atoms with Crippen LogP contribution in [-0.4, -0.2) is 42.9 Å². The average molecular weight is 526 g/mol. The standard InChI is InChI=1S/C32H35N3O2S/c1-24-9-8-10-26(21-24)23-35-28-11-4-5-12-29(28)38-30(32(35)37)22-25-13-15-27(16-14-25)31(36)33-17-20-34-18-6-2-3-7-19-34/h4-5,8-16,21-22H,2-3,6-7,17-20,23H2,1H3,(H,33,36)/b30-22-. The van der Waals surface area contributed by atoms with Gasteiger partial charge in [0.25, 0.3) is 11.8 Å². The zero-order chi connectivity index (χ0) is 26.3. The summed E-state index contributed by atoms with van der Waals surface area (Å²) in [4.78, 5) is 32.3. The monoisotopic (exact) mass is 525 g/mol. The first-order valence-corrected chi connectivity index (χ1v) is 14.3. The van der Waals surface area contributed by atoms with Gasteiger partial charge in [0.2, 0.25) is 0 Å². The van der Waals surface area contributed by atoms with Crippen LogP contribution in [0.4, 0.5) is 5.69 Å². The lowest BCUT2D eigenvalue weighted by Crippen LogP contribution is -2.35. The van der Waals surface area contributed by atoms with Crippen molar-refractivity contribution in [3.63, 3.8) is 0 Å². The molecule has 5 rings (SSSR count). The number of nitrogens with one attached hydrogen (secondary N) is 1. The van der Waals surface area contributed by atoms with Crippen molar-refractivity contribution in [2.45, 2.75) is 44.0 Å². The molecule has 3 aromatic rings. The smallest absolute Gasteiger partial charge is 0.265 e. The summed E-state index contributed by atoms with van der Waals surface area (Å²) < 4.78 is 0. The summed E-state index contributed by atoms with van der Waals surface area (Å²) in [5, 5.41) is 3.06. The summed E-state index contributed by atoms with van der Waals surface area (Å²) in [7, 11) is 0. The second-order valence-electron chi connectivity index (χ2n) is 10.1. The predicted octanol–water partition coefficient (Wildman–Crippen LogP) is 6.28. The van der Waals surface area contributed by atoms with Gasteiger partial charge in [-0.1, -0.05) is 78.7 Å². The summed E-state index contributed by atoms with van der Waals surface area (Å²) in [6.45, 7) is 6.40.